The number of primary amides is 2. The van der Waals surface area contributed by atoms with E-state index in [0.29, 0.717) is 6.07 Å². The third-order valence-corrected chi connectivity index (χ3v) is 2.15. The van der Waals surface area contributed by atoms with Crippen molar-refractivity contribution in [2.45, 2.75) is 6.18 Å². The molecule has 116 valence electrons. The normalized spacial score (nSPS) is 11.0. The van der Waals surface area contributed by atoms with Gasteiger partial charge < -0.3 is 16.4 Å². The van der Waals surface area contributed by atoms with E-state index >= 15 is 0 Å². The molecular formula is C9H12F3N7O2. The van der Waals surface area contributed by atoms with Crippen molar-refractivity contribution in [3.8, 4) is 0 Å². The molecule has 2 amide bonds. The first-order chi connectivity index (χ1) is 9.63. The van der Waals surface area contributed by atoms with E-state index in [2.05, 4.69) is 9.97 Å². The van der Waals surface area contributed by atoms with E-state index < -0.39 is 42.7 Å². The average molecular weight is 307 g/mol. The fourth-order valence-corrected chi connectivity index (χ4v) is 1.40. The van der Waals surface area contributed by atoms with Gasteiger partial charge in [0.2, 0.25) is 17.8 Å². The minimum Gasteiger partial charge on any atom is -0.368 e. The van der Waals surface area contributed by atoms with E-state index in [1.165, 1.54) is 0 Å². The Morgan fingerprint density at radius 1 is 1.19 bits per heavy atom. The van der Waals surface area contributed by atoms with Gasteiger partial charge in [-0.1, -0.05) is 0 Å². The standard InChI is InChI=1S/C9H12F3N7O2/c10-9(11,12)4-1-7(17-8(16-4)18-15)19(2-5(13)20)3-6(14)21/h1H,2-3,15H2,(H2,13,20)(H2,14,21)(H,16,17,18). The number of halogens is 3. The highest BCUT2D eigenvalue weighted by Crippen LogP contribution is 2.30. The van der Waals surface area contributed by atoms with E-state index in [1.54, 1.807) is 0 Å². The highest BCUT2D eigenvalue weighted by molar-refractivity contribution is 5.84. The Balaban J connectivity index is 3.28. The Kier molecular flexibility index (Phi) is 4.86. The molecule has 0 aromatic carbocycles. The molecule has 0 bridgehead atoms. The van der Waals surface area contributed by atoms with Gasteiger partial charge in [-0.2, -0.15) is 18.2 Å². The third kappa shape index (κ3) is 4.76. The number of hydrogen-bond acceptors (Lipinski definition) is 7. The van der Waals surface area contributed by atoms with Crippen molar-refractivity contribution in [2.24, 2.45) is 17.3 Å². The molecule has 0 saturated heterocycles. The number of carbonyl (C=O) groups excluding carboxylic acids is 2. The molecule has 1 aromatic rings. The molecule has 1 heterocycles. The van der Waals surface area contributed by atoms with Crippen LogP contribution in [0, 0.1) is 0 Å². The van der Waals surface area contributed by atoms with Crippen molar-refractivity contribution in [2.75, 3.05) is 23.4 Å². The second-order valence-corrected chi connectivity index (χ2v) is 3.87. The zero-order valence-corrected chi connectivity index (χ0v) is 10.5. The fraction of sp³-hybridized carbons (Fsp3) is 0.333. The SMILES string of the molecule is NNc1nc(N(CC(N)=O)CC(N)=O)cc(C(F)(F)F)n1. The van der Waals surface area contributed by atoms with Gasteiger partial charge >= 0.3 is 6.18 Å². The summed E-state index contributed by atoms with van der Waals surface area (Å²) in [7, 11) is 0. The van der Waals surface area contributed by atoms with Crippen molar-refractivity contribution in [1.29, 1.82) is 0 Å². The minimum absolute atomic E-state index is 0.372. The zero-order valence-electron chi connectivity index (χ0n) is 10.5. The van der Waals surface area contributed by atoms with Gasteiger partial charge in [0.25, 0.3) is 0 Å². The molecule has 0 radical (unpaired) electrons. The summed E-state index contributed by atoms with van der Waals surface area (Å²) >= 11 is 0. The molecule has 0 unspecified atom stereocenters. The molecule has 0 aliphatic carbocycles. The maximum absolute atomic E-state index is 12.7. The summed E-state index contributed by atoms with van der Waals surface area (Å²) in [6, 6.07) is 0.548. The monoisotopic (exact) mass is 307 g/mol. The van der Waals surface area contributed by atoms with Gasteiger partial charge in [-0.05, 0) is 0 Å². The van der Waals surface area contributed by atoms with Crippen LogP contribution in [0.1, 0.15) is 5.69 Å². The number of amides is 2. The van der Waals surface area contributed by atoms with Crippen LogP contribution in [-0.2, 0) is 15.8 Å². The number of hydrazine groups is 1. The van der Waals surface area contributed by atoms with Crippen LogP contribution >= 0.6 is 0 Å². The van der Waals surface area contributed by atoms with Crippen molar-refractivity contribution in [3.63, 3.8) is 0 Å². The first-order valence-electron chi connectivity index (χ1n) is 5.38. The Bertz CT molecular complexity index is 533. The molecule has 0 saturated carbocycles. The number of nitrogens with zero attached hydrogens (tertiary/aromatic N) is 3. The highest BCUT2D eigenvalue weighted by atomic mass is 19.4. The van der Waals surface area contributed by atoms with Crippen molar-refractivity contribution in [1.82, 2.24) is 9.97 Å². The molecule has 0 spiro atoms. The van der Waals surface area contributed by atoms with Crippen molar-refractivity contribution in [3.05, 3.63) is 11.8 Å². The molecule has 1 rings (SSSR count). The molecular weight excluding hydrogens is 295 g/mol. The van der Waals surface area contributed by atoms with Crippen LogP contribution in [-0.4, -0.2) is 34.9 Å². The number of anilines is 2. The van der Waals surface area contributed by atoms with Crippen molar-refractivity contribution >= 4 is 23.6 Å². The van der Waals surface area contributed by atoms with Gasteiger partial charge in [0.15, 0.2) is 5.69 Å². The first-order valence-corrected chi connectivity index (χ1v) is 5.38. The Morgan fingerprint density at radius 2 is 1.71 bits per heavy atom. The number of aromatic nitrogens is 2. The number of nitrogens with one attached hydrogen (secondary N) is 1. The largest absolute Gasteiger partial charge is 0.433 e. The second kappa shape index (κ2) is 6.21. The minimum atomic E-state index is -4.77. The molecule has 0 atom stereocenters. The van der Waals surface area contributed by atoms with E-state index in [4.69, 9.17) is 17.3 Å². The second-order valence-electron chi connectivity index (χ2n) is 3.87. The summed E-state index contributed by atoms with van der Waals surface area (Å²) in [4.78, 5) is 29.5. The lowest BCUT2D eigenvalue weighted by atomic mass is 10.3. The van der Waals surface area contributed by atoms with Crippen LogP contribution in [0.5, 0.6) is 0 Å². The molecule has 9 nitrogen and oxygen atoms in total. The zero-order chi connectivity index (χ0) is 16.2. The lowest BCUT2D eigenvalue weighted by Gasteiger charge is -2.21. The third-order valence-electron chi connectivity index (χ3n) is 2.15. The predicted octanol–water partition coefficient (Wildman–Crippen LogP) is -1.44. The number of carbonyl (C=O) groups is 2. The first kappa shape index (κ1) is 16.4. The summed E-state index contributed by atoms with van der Waals surface area (Å²) in [5.74, 6) is 2.31. The molecule has 12 heteroatoms. The van der Waals surface area contributed by atoms with Gasteiger partial charge in [-0.3, -0.25) is 15.0 Å². The van der Waals surface area contributed by atoms with Gasteiger partial charge in [0.05, 0.1) is 13.1 Å². The van der Waals surface area contributed by atoms with E-state index in [0.717, 1.165) is 4.90 Å². The fourth-order valence-electron chi connectivity index (χ4n) is 1.40. The van der Waals surface area contributed by atoms with E-state index in [1.807, 2.05) is 5.43 Å². The lowest BCUT2D eigenvalue weighted by molar-refractivity contribution is -0.141. The van der Waals surface area contributed by atoms with Crippen LogP contribution in [0.3, 0.4) is 0 Å². The topological polar surface area (TPSA) is 153 Å². The van der Waals surface area contributed by atoms with Crippen molar-refractivity contribution < 1.29 is 22.8 Å². The summed E-state index contributed by atoms with van der Waals surface area (Å²) in [6.45, 7) is -1.11. The Morgan fingerprint density at radius 3 is 2.10 bits per heavy atom. The van der Waals surface area contributed by atoms with Crippen LogP contribution in [0.4, 0.5) is 24.9 Å². The van der Waals surface area contributed by atoms with Gasteiger partial charge in [-0.15, -0.1) is 0 Å². The number of alkyl halides is 3. The maximum Gasteiger partial charge on any atom is 0.433 e. The molecule has 21 heavy (non-hydrogen) atoms. The van der Waals surface area contributed by atoms with Gasteiger partial charge in [0, 0.05) is 6.07 Å². The summed E-state index contributed by atoms with van der Waals surface area (Å²) in [6.07, 6.45) is -4.77. The average Bonchev–Trinajstić information content (AvgIpc) is 2.35. The molecule has 0 aliphatic heterocycles. The summed E-state index contributed by atoms with van der Waals surface area (Å²) in [5, 5.41) is 0. The molecule has 0 aliphatic rings. The van der Waals surface area contributed by atoms with E-state index in [-0.39, 0.29) is 5.82 Å². The summed E-state index contributed by atoms with van der Waals surface area (Å²) in [5.41, 5.74) is 10.5. The number of nitrogen functional groups attached to an aromatic ring is 1. The number of hydrogen-bond donors (Lipinski definition) is 4. The maximum atomic E-state index is 12.7. The van der Waals surface area contributed by atoms with Gasteiger partial charge in [0.1, 0.15) is 5.82 Å². The van der Waals surface area contributed by atoms with Gasteiger partial charge in [-0.25, -0.2) is 10.8 Å². The predicted molar refractivity (Wildman–Crippen MR) is 65.4 cm³/mol. The van der Waals surface area contributed by atoms with Crippen LogP contribution in [0.15, 0.2) is 6.07 Å². The summed E-state index contributed by atoms with van der Waals surface area (Å²) < 4.78 is 38.1. The van der Waals surface area contributed by atoms with Crippen LogP contribution < -0.4 is 27.6 Å². The lowest BCUT2D eigenvalue weighted by Crippen LogP contribution is -2.40. The molecule has 1 aromatic heterocycles. The Labute approximate surface area is 116 Å². The number of nitrogens with two attached hydrogens (primary N) is 3. The molecule has 0 fully saturated rings. The highest BCUT2D eigenvalue weighted by Gasteiger charge is 2.34. The molecule has 7 N–H and O–H groups in total. The van der Waals surface area contributed by atoms with Crippen LogP contribution in [0.2, 0.25) is 0 Å². The number of rotatable bonds is 6. The van der Waals surface area contributed by atoms with Crippen LogP contribution in [0.25, 0.3) is 0 Å². The smallest absolute Gasteiger partial charge is 0.368 e. The quantitative estimate of drug-likeness (QED) is 0.370. The van der Waals surface area contributed by atoms with E-state index in [9.17, 15) is 22.8 Å². The Hall–Kier alpha value is -2.63.